The van der Waals surface area contributed by atoms with E-state index in [2.05, 4.69) is 47.3 Å². The molecule has 0 nitrogen and oxygen atoms in total. The molecule has 0 aliphatic heterocycles. The molecule has 0 heterocycles. The number of hydrogen-bond acceptors (Lipinski definition) is 0. The number of rotatable bonds is 0. The van der Waals surface area contributed by atoms with Gasteiger partial charge in [0.25, 0.3) is 0 Å². The molecule has 0 saturated carbocycles. The van der Waals surface area contributed by atoms with Crippen LogP contribution in [-0.4, -0.2) is 2.90 Å². The Morgan fingerprint density at radius 3 is 1.17 bits per heavy atom. The zero-order valence-corrected chi connectivity index (χ0v) is 7.85. The van der Waals surface area contributed by atoms with Crippen LogP contribution in [-0.2, 0) is 0 Å². The Morgan fingerprint density at radius 2 is 1.17 bits per heavy atom. The van der Waals surface area contributed by atoms with E-state index < -0.39 is 2.90 Å². The van der Waals surface area contributed by atoms with Gasteiger partial charge in [0.15, 0.2) is 0 Å². The maximum atomic E-state index is 11.5. The first-order chi connectivity index (χ1) is 2.00. The van der Waals surface area contributed by atoms with Crippen molar-refractivity contribution in [3.05, 3.63) is 0 Å². The molecule has 0 unspecified atom stereocenters. The fourth-order valence-corrected chi connectivity index (χ4v) is 0. The van der Waals surface area contributed by atoms with E-state index >= 15 is 0 Å². The summed E-state index contributed by atoms with van der Waals surface area (Å²) in [4.78, 5) is 0. The van der Waals surface area contributed by atoms with E-state index in [1.165, 1.54) is 0 Å². The van der Waals surface area contributed by atoms with Crippen molar-refractivity contribution in [3.8, 4) is 0 Å². The van der Waals surface area contributed by atoms with E-state index in [4.69, 9.17) is 0 Å². The Balaban J connectivity index is 0. The van der Waals surface area contributed by atoms with Gasteiger partial charge in [0, 0.05) is 0 Å². The van der Waals surface area contributed by atoms with Crippen molar-refractivity contribution in [2.45, 2.75) is 0 Å². The van der Waals surface area contributed by atoms with Crippen LogP contribution in [0.1, 0.15) is 0 Å². The van der Waals surface area contributed by atoms with Crippen LogP contribution in [0.2, 0.25) is 0 Å². The molecule has 0 amide bonds. The second-order valence-corrected chi connectivity index (χ2v) is 7.97. The molecule has 6 heteroatoms. The van der Waals surface area contributed by atoms with Gasteiger partial charge in [-0.3, -0.25) is 47.3 Å². The molecular weight excluding hydrogens is 276 g/mol. The summed E-state index contributed by atoms with van der Waals surface area (Å²) in [5.41, 5.74) is 0. The molecule has 0 rings (SSSR count). The first kappa shape index (κ1) is 10.9. The van der Waals surface area contributed by atoms with Crippen LogP contribution in [0.5, 0.6) is 0 Å². The van der Waals surface area contributed by atoms with E-state index in [9.17, 15) is 4.32 Å². The van der Waals surface area contributed by atoms with Gasteiger partial charge in [-0.05, 0) is 0 Å². The Kier molecular flexibility index (Phi) is 7.22. The smallest absolute Gasteiger partial charge is 0.475 e. The zero-order chi connectivity index (χ0) is 4.50. The normalized spacial score (nSPS) is 10.0. The third kappa shape index (κ3) is 37.0. The number of halogens is 4. The van der Waals surface area contributed by atoms with Gasteiger partial charge in [-0.25, -0.2) is 0 Å². The first-order valence-electron chi connectivity index (χ1n) is 0.873. The van der Waals surface area contributed by atoms with Crippen LogP contribution in [0.15, 0.2) is 0 Å². The summed E-state index contributed by atoms with van der Waals surface area (Å²) >= 11 is 7.81. The minimum atomic E-state index is -2.06. The van der Waals surface area contributed by atoms with Crippen LogP contribution >= 0.6 is 47.3 Å². The second kappa shape index (κ2) is 3.97. The molecular formula is BBr3FLi. The summed E-state index contributed by atoms with van der Waals surface area (Å²) in [5, 5.41) is 0. The monoisotopic (exact) mass is 274 g/mol. The fourth-order valence-electron chi connectivity index (χ4n) is 0. The van der Waals surface area contributed by atoms with Crippen LogP contribution < -0.4 is 18.9 Å². The maximum Gasteiger partial charge on any atom is 1.00 e. The molecule has 0 aliphatic carbocycles. The molecule has 6 heavy (non-hydrogen) atoms. The molecule has 0 spiro atoms. The predicted octanol–water partition coefficient (Wildman–Crippen LogP) is -0.420. The molecule has 0 atom stereocenters. The summed E-state index contributed by atoms with van der Waals surface area (Å²) in [7, 11) is 0. The van der Waals surface area contributed by atoms with Gasteiger partial charge >= 0.3 is 21.8 Å². The topological polar surface area (TPSA) is 0 Å². The van der Waals surface area contributed by atoms with Gasteiger partial charge in [0.05, 0.1) is 0 Å². The predicted molar refractivity (Wildman–Crippen MR) is 33.6 cm³/mol. The van der Waals surface area contributed by atoms with Crippen molar-refractivity contribution in [2.75, 3.05) is 0 Å². The largest absolute Gasteiger partial charge is 1.00 e. The van der Waals surface area contributed by atoms with Crippen LogP contribution in [0, 0.1) is 0 Å². The summed E-state index contributed by atoms with van der Waals surface area (Å²) in [6, 6.07) is 0. The average molecular weight is 276 g/mol. The molecule has 0 aromatic rings. The van der Waals surface area contributed by atoms with Crippen molar-refractivity contribution >= 4 is 50.2 Å². The van der Waals surface area contributed by atoms with Crippen molar-refractivity contribution in [1.29, 1.82) is 0 Å². The van der Waals surface area contributed by atoms with Gasteiger partial charge in [0.1, 0.15) is 0 Å². The van der Waals surface area contributed by atoms with E-state index in [1.54, 1.807) is 0 Å². The van der Waals surface area contributed by atoms with Crippen molar-refractivity contribution in [1.82, 2.24) is 0 Å². The Morgan fingerprint density at radius 1 is 1.17 bits per heavy atom. The molecule has 0 bridgehead atoms. The molecule has 0 N–H and O–H groups in total. The van der Waals surface area contributed by atoms with Gasteiger partial charge in [-0.1, -0.05) is 0 Å². The molecule has 0 fully saturated rings. The summed E-state index contributed by atoms with van der Waals surface area (Å²) in [6.07, 6.45) is 0. The standard InChI is InChI=1S/BBr3F.Li/c2-1(3,4)5;/q-1;+1. The molecule has 32 valence electrons. The van der Waals surface area contributed by atoms with Crippen LogP contribution in [0.3, 0.4) is 0 Å². The minimum Gasteiger partial charge on any atom is -0.475 e. The molecule has 0 aromatic carbocycles. The van der Waals surface area contributed by atoms with E-state index in [0.717, 1.165) is 0 Å². The van der Waals surface area contributed by atoms with Gasteiger partial charge in [0.2, 0.25) is 0 Å². The molecule has 0 saturated heterocycles. The Bertz CT molecular complexity index is 26.3. The van der Waals surface area contributed by atoms with Crippen LogP contribution in [0.25, 0.3) is 0 Å². The average Bonchev–Trinajstić information content (AvgIpc) is 0.722. The number of hydrogen-bond donors (Lipinski definition) is 0. The van der Waals surface area contributed by atoms with Crippen molar-refractivity contribution < 1.29 is 23.2 Å². The van der Waals surface area contributed by atoms with E-state index in [0.29, 0.717) is 0 Å². The SMILES string of the molecule is F[B-](Br)(Br)Br.[Li+]. The maximum absolute atomic E-state index is 11.5. The van der Waals surface area contributed by atoms with Gasteiger partial charge < -0.3 is 4.32 Å². The minimum absolute atomic E-state index is 0. The molecule has 0 aromatic heterocycles. The zero-order valence-electron chi connectivity index (χ0n) is 3.09. The van der Waals surface area contributed by atoms with E-state index in [-0.39, 0.29) is 18.9 Å². The second-order valence-electron chi connectivity index (χ2n) is 0.495. The molecule has 0 aliphatic rings. The Labute approximate surface area is 72.7 Å². The van der Waals surface area contributed by atoms with Gasteiger partial charge in [-0.2, -0.15) is 0 Å². The van der Waals surface area contributed by atoms with Gasteiger partial charge in [-0.15, -0.1) is 0 Å². The third-order valence-electron chi connectivity index (χ3n) is 0. The van der Waals surface area contributed by atoms with Crippen LogP contribution in [0.4, 0.5) is 4.32 Å². The first-order valence-corrected chi connectivity index (χ1v) is 3.62. The third-order valence-corrected chi connectivity index (χ3v) is 0. The summed E-state index contributed by atoms with van der Waals surface area (Å²) < 4.78 is 9.44. The summed E-state index contributed by atoms with van der Waals surface area (Å²) in [5.74, 6) is 0. The Hall–Kier alpha value is 2.03. The quantitative estimate of drug-likeness (QED) is 0.527. The molecule has 0 radical (unpaired) electrons. The fraction of sp³-hybridized carbons (Fsp3) is 0. The summed E-state index contributed by atoms with van der Waals surface area (Å²) in [6.45, 7) is 0. The van der Waals surface area contributed by atoms with Crippen molar-refractivity contribution in [2.24, 2.45) is 0 Å². The van der Waals surface area contributed by atoms with E-state index in [1.807, 2.05) is 0 Å². The van der Waals surface area contributed by atoms with Crippen molar-refractivity contribution in [3.63, 3.8) is 0 Å².